The van der Waals surface area contributed by atoms with Gasteiger partial charge in [-0.15, -0.1) is 0 Å². The predicted octanol–water partition coefficient (Wildman–Crippen LogP) is 2.68. The molecule has 3 rings (SSSR count). The van der Waals surface area contributed by atoms with Gasteiger partial charge < -0.3 is 21.9 Å². The third-order valence-corrected chi connectivity index (χ3v) is 5.07. The highest BCUT2D eigenvalue weighted by molar-refractivity contribution is 5.95. The number of carbonyl (C=O) groups excluding carboxylic acids is 2. The van der Waals surface area contributed by atoms with E-state index in [-0.39, 0.29) is 18.6 Å². The average Bonchev–Trinajstić information content (AvgIpc) is 2.67. The molecule has 1 fully saturated rings. The number of pyridine rings is 1. The number of carbonyl (C=O) groups is 2. The molecule has 0 spiro atoms. The first-order valence-electron chi connectivity index (χ1n) is 9.29. The summed E-state index contributed by atoms with van der Waals surface area (Å²) in [6.45, 7) is 0.255. The molecule has 0 atom stereocenters. The molecule has 148 valence electrons. The summed E-state index contributed by atoms with van der Waals surface area (Å²) in [7, 11) is 0. The van der Waals surface area contributed by atoms with Crippen LogP contribution in [0.15, 0.2) is 42.7 Å². The summed E-state index contributed by atoms with van der Waals surface area (Å²) >= 11 is 0. The summed E-state index contributed by atoms with van der Waals surface area (Å²) in [5.74, 6) is 0.0669. The molecule has 8 nitrogen and oxygen atoms in total. The van der Waals surface area contributed by atoms with Crippen molar-refractivity contribution >= 4 is 23.4 Å². The van der Waals surface area contributed by atoms with Gasteiger partial charge in [-0.05, 0) is 55.4 Å². The zero-order chi connectivity index (χ0) is 20.1. The van der Waals surface area contributed by atoms with E-state index >= 15 is 0 Å². The minimum atomic E-state index is -0.674. The monoisotopic (exact) mass is 383 g/mol. The van der Waals surface area contributed by atoms with Crippen molar-refractivity contribution in [3.05, 3.63) is 53.9 Å². The van der Waals surface area contributed by atoms with Gasteiger partial charge in [0.15, 0.2) is 0 Å². The Morgan fingerprint density at radius 2 is 1.89 bits per heavy atom. The van der Waals surface area contributed by atoms with E-state index in [1.165, 1.54) is 4.90 Å². The fraction of sp³-hybridized carbons (Fsp3) is 0.350. The van der Waals surface area contributed by atoms with Crippen molar-refractivity contribution < 1.29 is 14.7 Å². The number of nitrogens with one attached hydrogen (secondary N) is 1. The second-order valence-electron chi connectivity index (χ2n) is 7.02. The van der Waals surface area contributed by atoms with E-state index in [4.69, 9.17) is 11.5 Å². The lowest BCUT2D eigenvalue weighted by molar-refractivity contribution is 0.122. The quantitative estimate of drug-likeness (QED) is 0.631. The zero-order valence-electron chi connectivity index (χ0n) is 15.5. The number of primary amides is 2. The van der Waals surface area contributed by atoms with Crippen molar-refractivity contribution in [3.63, 3.8) is 0 Å². The van der Waals surface area contributed by atoms with Crippen LogP contribution in [-0.4, -0.2) is 28.3 Å². The number of hydrogen-bond acceptors (Lipinski definition) is 4. The highest BCUT2D eigenvalue weighted by Crippen LogP contribution is 2.42. The molecule has 2 aromatic rings. The molecule has 1 saturated carbocycles. The Labute approximate surface area is 163 Å². The Hall–Kier alpha value is -3.13. The molecule has 1 aliphatic rings. The van der Waals surface area contributed by atoms with E-state index in [1.807, 2.05) is 12.1 Å². The van der Waals surface area contributed by atoms with Crippen molar-refractivity contribution in [1.82, 2.24) is 4.98 Å². The molecule has 1 aliphatic carbocycles. The molecule has 0 bridgehead atoms. The molecule has 1 aromatic heterocycles. The molecule has 0 aliphatic heterocycles. The lowest BCUT2D eigenvalue weighted by atomic mass is 9.81. The first-order valence-corrected chi connectivity index (χ1v) is 9.29. The summed E-state index contributed by atoms with van der Waals surface area (Å²) in [6, 6.07) is 7.71. The number of urea groups is 2. The van der Waals surface area contributed by atoms with Gasteiger partial charge in [0.2, 0.25) is 0 Å². The number of anilines is 2. The van der Waals surface area contributed by atoms with Crippen molar-refractivity contribution in [1.29, 1.82) is 0 Å². The van der Waals surface area contributed by atoms with Crippen molar-refractivity contribution in [2.75, 3.05) is 10.2 Å². The van der Waals surface area contributed by atoms with E-state index < -0.39 is 12.1 Å². The lowest BCUT2D eigenvalue weighted by Crippen LogP contribution is -2.36. The van der Waals surface area contributed by atoms with Crippen LogP contribution >= 0.6 is 0 Å². The Balaban J connectivity index is 2.04. The zero-order valence-corrected chi connectivity index (χ0v) is 15.5. The molecule has 1 heterocycles. The van der Waals surface area contributed by atoms with Crippen LogP contribution in [0, 0.1) is 0 Å². The van der Waals surface area contributed by atoms with E-state index in [0.717, 1.165) is 24.0 Å². The SMILES string of the molecule is NC(=O)Nc1cccc(N(Cc2cccnc2)C(N)=O)c1C1CCC(O)CC1. The number of aliphatic hydroxyl groups excluding tert-OH is 1. The van der Waals surface area contributed by atoms with Crippen LogP contribution in [0.25, 0.3) is 0 Å². The highest BCUT2D eigenvalue weighted by Gasteiger charge is 2.28. The smallest absolute Gasteiger partial charge is 0.319 e. The van der Waals surface area contributed by atoms with E-state index in [0.29, 0.717) is 24.2 Å². The van der Waals surface area contributed by atoms with Crippen molar-refractivity contribution in [2.24, 2.45) is 11.5 Å². The highest BCUT2D eigenvalue weighted by atomic mass is 16.3. The summed E-state index contributed by atoms with van der Waals surface area (Å²) in [6.07, 6.45) is 5.82. The molecule has 0 radical (unpaired) electrons. The number of nitrogens with zero attached hydrogens (tertiary/aromatic N) is 2. The fourth-order valence-corrected chi connectivity index (χ4v) is 3.78. The number of aromatic nitrogens is 1. The molecule has 4 amide bonds. The summed E-state index contributed by atoms with van der Waals surface area (Å²) < 4.78 is 0. The third-order valence-electron chi connectivity index (χ3n) is 5.07. The Bertz CT molecular complexity index is 835. The number of hydrogen-bond donors (Lipinski definition) is 4. The first kappa shape index (κ1) is 19.6. The van der Waals surface area contributed by atoms with E-state index in [1.54, 1.807) is 30.6 Å². The van der Waals surface area contributed by atoms with Crippen LogP contribution < -0.4 is 21.7 Å². The lowest BCUT2D eigenvalue weighted by Gasteiger charge is -2.32. The van der Waals surface area contributed by atoms with Crippen LogP contribution in [0.1, 0.15) is 42.7 Å². The maximum Gasteiger partial charge on any atom is 0.319 e. The van der Waals surface area contributed by atoms with Gasteiger partial charge in [-0.1, -0.05) is 12.1 Å². The second-order valence-corrected chi connectivity index (χ2v) is 7.02. The number of benzene rings is 1. The molecular weight excluding hydrogens is 358 g/mol. The largest absolute Gasteiger partial charge is 0.393 e. The van der Waals surface area contributed by atoms with Gasteiger partial charge in [-0.3, -0.25) is 9.88 Å². The number of nitrogens with two attached hydrogens (primary N) is 2. The van der Waals surface area contributed by atoms with Gasteiger partial charge in [0.25, 0.3) is 0 Å². The Morgan fingerprint density at radius 1 is 1.14 bits per heavy atom. The predicted molar refractivity (Wildman–Crippen MR) is 107 cm³/mol. The van der Waals surface area contributed by atoms with Crippen LogP contribution in [0.4, 0.5) is 21.0 Å². The van der Waals surface area contributed by atoms with Crippen molar-refractivity contribution in [3.8, 4) is 0 Å². The molecule has 1 aromatic carbocycles. The van der Waals surface area contributed by atoms with Crippen LogP contribution in [0.3, 0.4) is 0 Å². The van der Waals surface area contributed by atoms with E-state index in [9.17, 15) is 14.7 Å². The van der Waals surface area contributed by atoms with Gasteiger partial charge in [-0.2, -0.15) is 0 Å². The third kappa shape index (κ3) is 4.58. The standard InChI is InChI=1S/C20H25N5O3/c21-19(27)24-16-4-1-5-17(18(16)14-6-8-15(26)9-7-14)25(20(22)28)12-13-3-2-10-23-11-13/h1-5,10-11,14-15,26H,6-9,12H2,(H2,22,28)(H3,21,24,27). The van der Waals surface area contributed by atoms with Gasteiger partial charge in [-0.25, -0.2) is 9.59 Å². The molecule has 0 unspecified atom stereocenters. The molecule has 28 heavy (non-hydrogen) atoms. The second kappa shape index (κ2) is 8.71. The van der Waals surface area contributed by atoms with E-state index in [2.05, 4.69) is 10.3 Å². The first-order chi connectivity index (χ1) is 13.5. The minimum absolute atomic E-state index is 0.0669. The number of aliphatic hydroxyl groups is 1. The van der Waals surface area contributed by atoms with Crippen LogP contribution in [0.2, 0.25) is 0 Å². The molecule has 0 saturated heterocycles. The van der Waals surface area contributed by atoms with Gasteiger partial charge in [0.05, 0.1) is 18.3 Å². The molecule has 8 heteroatoms. The van der Waals surface area contributed by atoms with Crippen molar-refractivity contribution in [2.45, 2.75) is 44.2 Å². The molecule has 6 N–H and O–H groups in total. The maximum atomic E-state index is 12.3. The number of amides is 4. The fourth-order valence-electron chi connectivity index (χ4n) is 3.78. The Kier molecular flexibility index (Phi) is 6.10. The summed E-state index contributed by atoms with van der Waals surface area (Å²) in [5.41, 5.74) is 13.9. The maximum absolute atomic E-state index is 12.3. The number of rotatable bonds is 5. The normalized spacial score (nSPS) is 19.0. The minimum Gasteiger partial charge on any atom is -0.393 e. The average molecular weight is 383 g/mol. The Morgan fingerprint density at radius 3 is 2.50 bits per heavy atom. The van der Waals surface area contributed by atoms with Crippen LogP contribution in [-0.2, 0) is 6.54 Å². The summed E-state index contributed by atoms with van der Waals surface area (Å²) in [4.78, 5) is 29.4. The van der Waals surface area contributed by atoms with Gasteiger partial charge in [0.1, 0.15) is 0 Å². The van der Waals surface area contributed by atoms with Gasteiger partial charge in [0, 0.05) is 23.6 Å². The molecular formula is C20H25N5O3. The summed E-state index contributed by atoms with van der Waals surface area (Å²) in [5, 5.41) is 12.5. The van der Waals surface area contributed by atoms with Gasteiger partial charge >= 0.3 is 12.1 Å². The topological polar surface area (TPSA) is 135 Å². The van der Waals surface area contributed by atoms with Crippen LogP contribution in [0.5, 0.6) is 0 Å².